The number of hydrogen-bond acceptors (Lipinski definition) is 3. The maximum absolute atomic E-state index is 11.1. The van der Waals surface area contributed by atoms with Gasteiger partial charge in [-0.3, -0.25) is 4.79 Å². The molecule has 0 rings (SSSR count). The second-order valence-corrected chi connectivity index (χ2v) is 5.17. The minimum Gasteiger partial charge on any atom is -0.480 e. The summed E-state index contributed by atoms with van der Waals surface area (Å²) in [6.07, 6.45) is 6.74. The zero-order valence-corrected chi connectivity index (χ0v) is 12.3. The van der Waals surface area contributed by atoms with E-state index in [9.17, 15) is 4.79 Å². The number of unbranched alkanes of at least 4 members (excludes halogenated alkanes) is 3. The third-order valence-electron chi connectivity index (χ3n) is 3.49. The summed E-state index contributed by atoms with van der Waals surface area (Å²) in [5, 5.41) is 11.9. The van der Waals surface area contributed by atoms with Crippen LogP contribution in [0.15, 0.2) is 0 Å². The van der Waals surface area contributed by atoms with Gasteiger partial charge < -0.3 is 15.2 Å². The van der Waals surface area contributed by atoms with Crippen molar-refractivity contribution in [2.75, 3.05) is 13.7 Å². The Bertz CT molecular complexity index is 233. The van der Waals surface area contributed by atoms with E-state index in [0.717, 1.165) is 6.42 Å². The number of carbonyl (C=O) groups is 1. The molecular weight excluding hydrogens is 230 g/mol. The van der Waals surface area contributed by atoms with E-state index >= 15 is 0 Å². The second-order valence-electron chi connectivity index (χ2n) is 5.17. The van der Waals surface area contributed by atoms with Crippen molar-refractivity contribution in [2.45, 2.75) is 70.9 Å². The van der Waals surface area contributed by atoms with Crippen molar-refractivity contribution < 1.29 is 14.6 Å². The van der Waals surface area contributed by atoms with Crippen molar-refractivity contribution in [3.8, 4) is 0 Å². The molecule has 0 aromatic heterocycles. The van der Waals surface area contributed by atoms with Crippen LogP contribution in [-0.2, 0) is 9.53 Å². The number of carboxylic acid groups (broad SMARTS) is 1. The van der Waals surface area contributed by atoms with Gasteiger partial charge in [0.1, 0.15) is 5.54 Å². The van der Waals surface area contributed by atoms with E-state index in [0.29, 0.717) is 13.0 Å². The van der Waals surface area contributed by atoms with Gasteiger partial charge in [-0.15, -0.1) is 0 Å². The first-order valence-electron chi connectivity index (χ1n) is 7.00. The van der Waals surface area contributed by atoms with Crippen molar-refractivity contribution in [1.29, 1.82) is 0 Å². The van der Waals surface area contributed by atoms with Gasteiger partial charge in [0.2, 0.25) is 0 Å². The normalized spacial score (nSPS) is 16.2. The summed E-state index contributed by atoms with van der Waals surface area (Å²) in [7, 11) is 1.67. The van der Waals surface area contributed by atoms with Gasteiger partial charge in [0.05, 0.1) is 6.10 Å². The van der Waals surface area contributed by atoms with Crippen LogP contribution in [0.25, 0.3) is 0 Å². The van der Waals surface area contributed by atoms with Crippen LogP contribution in [0.4, 0.5) is 0 Å². The van der Waals surface area contributed by atoms with Gasteiger partial charge in [-0.2, -0.15) is 0 Å². The zero-order chi connectivity index (χ0) is 14.0. The van der Waals surface area contributed by atoms with Gasteiger partial charge in [0.15, 0.2) is 0 Å². The maximum atomic E-state index is 11.1. The summed E-state index contributed by atoms with van der Waals surface area (Å²) in [6.45, 7) is 6.43. The van der Waals surface area contributed by atoms with Crippen LogP contribution >= 0.6 is 0 Å². The highest BCUT2D eigenvalue weighted by molar-refractivity contribution is 5.78. The molecule has 2 N–H and O–H groups in total. The Kier molecular flexibility index (Phi) is 9.02. The fourth-order valence-electron chi connectivity index (χ4n) is 1.75. The summed E-state index contributed by atoms with van der Waals surface area (Å²) < 4.78 is 5.67. The minimum absolute atomic E-state index is 0.219. The summed E-state index contributed by atoms with van der Waals surface area (Å²) in [5.41, 5.74) is -0.887. The molecule has 0 aliphatic carbocycles. The maximum Gasteiger partial charge on any atom is 0.323 e. The lowest BCUT2D eigenvalue weighted by Crippen LogP contribution is -2.48. The van der Waals surface area contributed by atoms with Crippen LogP contribution < -0.4 is 5.32 Å². The molecule has 0 fully saturated rings. The molecule has 2 atom stereocenters. The minimum atomic E-state index is -0.887. The van der Waals surface area contributed by atoms with E-state index < -0.39 is 11.5 Å². The standard InChI is InChI=1S/C14H29NO3/c1-5-6-7-8-9-12(2)18-11-10-14(3,15-4)13(16)17/h12,15H,5-11H2,1-4H3,(H,16,17). The van der Waals surface area contributed by atoms with Crippen LogP contribution in [0.3, 0.4) is 0 Å². The van der Waals surface area contributed by atoms with E-state index in [1.54, 1.807) is 14.0 Å². The molecular formula is C14H29NO3. The quantitative estimate of drug-likeness (QED) is 0.560. The lowest BCUT2D eigenvalue weighted by molar-refractivity contribution is -0.145. The largest absolute Gasteiger partial charge is 0.480 e. The third-order valence-corrected chi connectivity index (χ3v) is 3.49. The highest BCUT2D eigenvalue weighted by atomic mass is 16.5. The average Bonchev–Trinajstić information content (AvgIpc) is 2.34. The molecule has 0 amide bonds. The molecule has 108 valence electrons. The molecule has 0 saturated heterocycles. The van der Waals surface area contributed by atoms with Crippen molar-refractivity contribution in [2.24, 2.45) is 0 Å². The van der Waals surface area contributed by atoms with Crippen molar-refractivity contribution >= 4 is 5.97 Å². The van der Waals surface area contributed by atoms with E-state index in [-0.39, 0.29) is 6.10 Å². The first kappa shape index (κ1) is 17.4. The van der Waals surface area contributed by atoms with Gasteiger partial charge in [0.25, 0.3) is 0 Å². The topological polar surface area (TPSA) is 58.6 Å². The molecule has 0 heterocycles. The first-order valence-corrected chi connectivity index (χ1v) is 7.00. The predicted octanol–water partition coefficient (Wildman–Crippen LogP) is 2.81. The zero-order valence-electron chi connectivity index (χ0n) is 12.3. The molecule has 0 spiro atoms. The highest BCUT2D eigenvalue weighted by Crippen LogP contribution is 2.12. The van der Waals surface area contributed by atoms with Gasteiger partial charge >= 0.3 is 5.97 Å². The number of nitrogens with one attached hydrogen (secondary N) is 1. The molecule has 18 heavy (non-hydrogen) atoms. The average molecular weight is 259 g/mol. The van der Waals surface area contributed by atoms with E-state index in [1.807, 2.05) is 0 Å². The Hall–Kier alpha value is -0.610. The van der Waals surface area contributed by atoms with Crippen LogP contribution in [0.1, 0.15) is 59.3 Å². The number of carboxylic acids is 1. The van der Waals surface area contributed by atoms with Crippen LogP contribution in [0.2, 0.25) is 0 Å². The van der Waals surface area contributed by atoms with Crippen molar-refractivity contribution in [1.82, 2.24) is 5.32 Å². The molecule has 0 aliphatic heterocycles. The van der Waals surface area contributed by atoms with Gasteiger partial charge in [-0.25, -0.2) is 0 Å². The molecule has 4 nitrogen and oxygen atoms in total. The molecule has 0 aromatic rings. The Balaban J connectivity index is 3.72. The number of aliphatic carboxylic acids is 1. The number of ether oxygens (including phenoxy) is 1. The van der Waals surface area contributed by atoms with Gasteiger partial charge in [-0.1, -0.05) is 32.6 Å². The third kappa shape index (κ3) is 6.97. The molecule has 2 unspecified atom stereocenters. The van der Waals surface area contributed by atoms with Crippen molar-refractivity contribution in [3.63, 3.8) is 0 Å². The molecule has 0 bridgehead atoms. The second kappa shape index (κ2) is 9.34. The summed E-state index contributed by atoms with van der Waals surface area (Å²) in [6, 6.07) is 0. The fourth-order valence-corrected chi connectivity index (χ4v) is 1.75. The molecule has 0 saturated carbocycles. The Labute approximate surface area is 111 Å². The smallest absolute Gasteiger partial charge is 0.323 e. The lowest BCUT2D eigenvalue weighted by Gasteiger charge is -2.24. The molecule has 4 heteroatoms. The SMILES string of the molecule is CCCCCCC(C)OCCC(C)(NC)C(=O)O. The molecule has 0 radical (unpaired) electrons. The summed E-state index contributed by atoms with van der Waals surface area (Å²) in [4.78, 5) is 11.1. The van der Waals surface area contributed by atoms with Crippen LogP contribution in [0.5, 0.6) is 0 Å². The van der Waals surface area contributed by atoms with Crippen LogP contribution in [0, 0.1) is 0 Å². The fraction of sp³-hybridized carbons (Fsp3) is 0.929. The summed E-state index contributed by atoms with van der Waals surface area (Å²) >= 11 is 0. The number of rotatable bonds is 11. The highest BCUT2D eigenvalue weighted by Gasteiger charge is 2.30. The summed E-state index contributed by atoms with van der Waals surface area (Å²) in [5.74, 6) is -0.829. The van der Waals surface area contributed by atoms with Gasteiger partial charge in [0, 0.05) is 6.61 Å². The molecule has 0 aliphatic rings. The monoisotopic (exact) mass is 259 g/mol. The Morgan fingerprint density at radius 3 is 2.56 bits per heavy atom. The predicted molar refractivity (Wildman–Crippen MR) is 73.9 cm³/mol. The number of hydrogen-bond donors (Lipinski definition) is 2. The van der Waals surface area contributed by atoms with E-state index in [1.165, 1.54) is 25.7 Å². The van der Waals surface area contributed by atoms with E-state index in [4.69, 9.17) is 9.84 Å². The Morgan fingerprint density at radius 1 is 1.39 bits per heavy atom. The van der Waals surface area contributed by atoms with E-state index in [2.05, 4.69) is 19.2 Å². The number of likely N-dealkylation sites (N-methyl/N-ethyl adjacent to an activating group) is 1. The Morgan fingerprint density at radius 2 is 2.06 bits per heavy atom. The van der Waals surface area contributed by atoms with Gasteiger partial charge in [-0.05, 0) is 33.7 Å². The van der Waals surface area contributed by atoms with Crippen LogP contribution in [-0.4, -0.2) is 36.4 Å². The van der Waals surface area contributed by atoms with Crippen molar-refractivity contribution in [3.05, 3.63) is 0 Å². The lowest BCUT2D eigenvalue weighted by atomic mass is 9.99. The molecule has 0 aromatic carbocycles. The first-order chi connectivity index (χ1) is 8.46.